The first kappa shape index (κ1) is 22.6. The fraction of sp³-hybridized carbons (Fsp3) is 0.250. The van der Waals surface area contributed by atoms with Gasteiger partial charge in [-0.2, -0.15) is 0 Å². The highest BCUT2D eigenvalue weighted by atomic mass is 32.2. The minimum atomic E-state index is -3.92. The zero-order chi connectivity index (χ0) is 23.6. The second-order valence-electron chi connectivity index (χ2n) is 8.56. The topological polar surface area (TPSA) is 97.8 Å². The molecule has 172 valence electrons. The summed E-state index contributed by atoms with van der Waals surface area (Å²) >= 11 is 0. The van der Waals surface area contributed by atoms with Gasteiger partial charge in [0.15, 0.2) is 0 Å². The van der Waals surface area contributed by atoms with Crippen molar-refractivity contribution in [3.63, 3.8) is 0 Å². The lowest BCUT2D eigenvalue weighted by Gasteiger charge is -2.30. The number of carbonyl (C=O) groups excluding carboxylic acids is 1. The molecule has 1 aliphatic rings. The van der Waals surface area contributed by atoms with Gasteiger partial charge in [0.25, 0.3) is 15.9 Å². The van der Waals surface area contributed by atoms with Gasteiger partial charge >= 0.3 is 0 Å². The van der Waals surface area contributed by atoms with E-state index in [0.717, 1.165) is 0 Å². The van der Waals surface area contributed by atoms with Crippen molar-refractivity contribution in [2.75, 3.05) is 17.5 Å². The molecule has 0 spiro atoms. The van der Waals surface area contributed by atoms with Crippen LogP contribution in [-0.4, -0.2) is 38.0 Å². The van der Waals surface area contributed by atoms with E-state index in [1.165, 1.54) is 28.7 Å². The van der Waals surface area contributed by atoms with Crippen molar-refractivity contribution in [2.24, 2.45) is 0 Å². The summed E-state index contributed by atoms with van der Waals surface area (Å²) in [5, 5.41) is 2.85. The molecule has 33 heavy (non-hydrogen) atoms. The van der Waals surface area contributed by atoms with Gasteiger partial charge in [-0.25, -0.2) is 13.4 Å². The van der Waals surface area contributed by atoms with Crippen LogP contribution >= 0.6 is 0 Å². The molecule has 8 nitrogen and oxygen atoms in total. The van der Waals surface area contributed by atoms with E-state index in [9.17, 15) is 13.2 Å². The predicted molar refractivity (Wildman–Crippen MR) is 124 cm³/mol. The summed E-state index contributed by atoms with van der Waals surface area (Å²) in [5.74, 6) is 0.997. The summed E-state index contributed by atoms with van der Waals surface area (Å²) < 4.78 is 39.4. The van der Waals surface area contributed by atoms with Crippen molar-refractivity contribution >= 4 is 21.6 Å². The highest BCUT2D eigenvalue weighted by molar-refractivity contribution is 7.92. The first-order valence-electron chi connectivity index (χ1n) is 10.4. The standard InChI is InChI=1S/C24H25N3O5S/c1-24(2,3)26-22(28)17-15-21-23(25-16-17)31-14-13-27(21)33(29,30)20-11-9-19(10-12-20)32-18-7-5-4-6-8-18/h4-12,15-16H,13-14H2,1-3H3,(H,26,28). The molecule has 2 heterocycles. The highest BCUT2D eigenvalue weighted by Gasteiger charge is 2.32. The summed E-state index contributed by atoms with van der Waals surface area (Å²) in [6.07, 6.45) is 1.38. The predicted octanol–water partition coefficient (Wildman–Crippen LogP) is 3.99. The first-order chi connectivity index (χ1) is 15.6. The van der Waals surface area contributed by atoms with Crippen molar-refractivity contribution in [2.45, 2.75) is 31.2 Å². The normalized spacial score (nSPS) is 13.6. The Hall–Kier alpha value is -3.59. The molecule has 0 fully saturated rings. The number of hydrogen-bond donors (Lipinski definition) is 1. The van der Waals surface area contributed by atoms with Gasteiger partial charge in [-0.15, -0.1) is 0 Å². The average molecular weight is 468 g/mol. The first-order valence-corrected chi connectivity index (χ1v) is 11.9. The molecule has 0 saturated heterocycles. The number of ether oxygens (including phenoxy) is 2. The summed E-state index contributed by atoms with van der Waals surface area (Å²) in [6, 6.07) is 16.9. The van der Waals surface area contributed by atoms with Crippen molar-refractivity contribution in [1.29, 1.82) is 0 Å². The lowest BCUT2D eigenvalue weighted by atomic mass is 10.1. The summed E-state index contributed by atoms with van der Waals surface area (Å²) in [7, 11) is -3.92. The van der Waals surface area contributed by atoms with Crippen LogP contribution in [0, 0.1) is 0 Å². The van der Waals surface area contributed by atoms with E-state index in [1.807, 2.05) is 51.1 Å². The third kappa shape index (κ3) is 5.09. The van der Waals surface area contributed by atoms with Crippen LogP contribution in [0.5, 0.6) is 17.4 Å². The molecule has 1 aromatic heterocycles. The maximum absolute atomic E-state index is 13.4. The van der Waals surface area contributed by atoms with Crippen LogP contribution in [0.15, 0.2) is 71.8 Å². The molecule has 0 aliphatic carbocycles. The molecule has 1 amide bonds. The Kier molecular flexibility index (Phi) is 5.99. The number of benzene rings is 2. The molecule has 0 bridgehead atoms. The number of pyridine rings is 1. The van der Waals surface area contributed by atoms with Gasteiger partial charge in [0, 0.05) is 11.7 Å². The smallest absolute Gasteiger partial charge is 0.264 e. The van der Waals surface area contributed by atoms with Crippen molar-refractivity contribution < 1.29 is 22.7 Å². The number of para-hydroxylation sites is 1. The molecule has 9 heteroatoms. The summed E-state index contributed by atoms with van der Waals surface area (Å²) in [4.78, 5) is 16.9. The van der Waals surface area contributed by atoms with Crippen LogP contribution in [-0.2, 0) is 10.0 Å². The molecular formula is C24H25N3O5S. The number of nitrogens with one attached hydrogen (secondary N) is 1. The minimum Gasteiger partial charge on any atom is -0.474 e. The van der Waals surface area contributed by atoms with E-state index in [2.05, 4.69) is 10.3 Å². The molecule has 1 aliphatic heterocycles. The van der Waals surface area contributed by atoms with Gasteiger partial charge in [0.1, 0.15) is 23.8 Å². The molecule has 4 rings (SSSR count). The number of aromatic nitrogens is 1. The van der Waals surface area contributed by atoms with Crippen LogP contribution in [0.4, 0.5) is 5.69 Å². The van der Waals surface area contributed by atoms with Gasteiger partial charge in [-0.1, -0.05) is 18.2 Å². The Balaban J connectivity index is 1.61. The van der Waals surface area contributed by atoms with Crippen LogP contribution in [0.2, 0.25) is 0 Å². The zero-order valence-electron chi connectivity index (χ0n) is 18.6. The molecule has 3 aromatic rings. The number of fused-ring (bicyclic) bond motifs is 1. The molecule has 1 N–H and O–H groups in total. The quantitative estimate of drug-likeness (QED) is 0.609. The van der Waals surface area contributed by atoms with E-state index in [0.29, 0.717) is 11.5 Å². The van der Waals surface area contributed by atoms with Gasteiger partial charge in [-0.3, -0.25) is 9.10 Å². The minimum absolute atomic E-state index is 0.0975. The van der Waals surface area contributed by atoms with Gasteiger partial charge < -0.3 is 14.8 Å². The SMILES string of the molecule is CC(C)(C)NC(=O)c1cnc2c(c1)N(S(=O)(=O)c1ccc(Oc3ccccc3)cc1)CCO2. The number of sulfonamides is 1. The lowest BCUT2D eigenvalue weighted by Crippen LogP contribution is -2.41. The van der Waals surface area contributed by atoms with Crippen molar-refractivity contribution in [1.82, 2.24) is 10.3 Å². The Morgan fingerprint density at radius 3 is 2.39 bits per heavy atom. The van der Waals surface area contributed by atoms with Gasteiger partial charge in [-0.05, 0) is 63.2 Å². The molecule has 0 unspecified atom stereocenters. The summed E-state index contributed by atoms with van der Waals surface area (Å²) in [6.45, 7) is 5.84. The van der Waals surface area contributed by atoms with Crippen molar-refractivity contribution in [3.05, 3.63) is 72.4 Å². The van der Waals surface area contributed by atoms with E-state index in [-0.39, 0.29) is 41.1 Å². The summed E-state index contributed by atoms with van der Waals surface area (Å²) in [5.41, 5.74) is 0.0344. The maximum atomic E-state index is 13.4. The van der Waals surface area contributed by atoms with Crippen LogP contribution in [0.3, 0.4) is 0 Å². The second kappa shape index (κ2) is 8.74. The number of hydrogen-bond acceptors (Lipinski definition) is 6. The second-order valence-corrected chi connectivity index (χ2v) is 10.4. The third-order valence-corrected chi connectivity index (χ3v) is 6.60. The van der Waals surface area contributed by atoms with Crippen LogP contribution < -0.4 is 19.1 Å². The van der Waals surface area contributed by atoms with Crippen LogP contribution in [0.1, 0.15) is 31.1 Å². The average Bonchev–Trinajstić information content (AvgIpc) is 2.78. The Morgan fingerprint density at radius 2 is 1.73 bits per heavy atom. The van der Waals surface area contributed by atoms with E-state index < -0.39 is 15.6 Å². The van der Waals surface area contributed by atoms with Crippen LogP contribution in [0.25, 0.3) is 0 Å². The molecule has 0 atom stereocenters. The van der Waals surface area contributed by atoms with E-state index in [1.54, 1.807) is 12.1 Å². The third-order valence-electron chi connectivity index (χ3n) is 4.78. The maximum Gasteiger partial charge on any atom is 0.264 e. The number of rotatable bonds is 5. The molecule has 0 saturated carbocycles. The molecule has 2 aromatic carbocycles. The Bertz CT molecular complexity index is 1250. The number of anilines is 1. The van der Waals surface area contributed by atoms with E-state index >= 15 is 0 Å². The highest BCUT2D eigenvalue weighted by Crippen LogP contribution is 2.35. The monoisotopic (exact) mass is 467 g/mol. The number of carbonyl (C=O) groups is 1. The number of amides is 1. The zero-order valence-corrected chi connectivity index (χ0v) is 19.4. The van der Waals surface area contributed by atoms with Gasteiger partial charge in [0.2, 0.25) is 5.88 Å². The Morgan fingerprint density at radius 1 is 1.06 bits per heavy atom. The fourth-order valence-electron chi connectivity index (χ4n) is 3.29. The molecular weight excluding hydrogens is 442 g/mol. The van der Waals surface area contributed by atoms with Gasteiger partial charge in [0.05, 0.1) is 17.0 Å². The van der Waals surface area contributed by atoms with Crippen molar-refractivity contribution in [3.8, 4) is 17.4 Å². The largest absolute Gasteiger partial charge is 0.474 e. The molecule has 0 radical (unpaired) electrons. The fourth-order valence-corrected chi connectivity index (χ4v) is 4.73. The lowest BCUT2D eigenvalue weighted by molar-refractivity contribution is 0.0919. The number of nitrogens with zero attached hydrogens (tertiary/aromatic N) is 2. The van der Waals surface area contributed by atoms with E-state index in [4.69, 9.17) is 9.47 Å². The Labute approximate surface area is 193 Å².